The Morgan fingerprint density at radius 3 is 2.83 bits per heavy atom. The van der Waals surface area contributed by atoms with Gasteiger partial charge in [-0.05, 0) is 56.3 Å². The Hall–Kier alpha value is -2.08. The molecule has 2 fully saturated rings. The van der Waals surface area contributed by atoms with Gasteiger partial charge in [0.15, 0.2) is 11.5 Å². The number of aromatic nitrogens is 1. The number of fused-ring (bicyclic) bond motifs is 7. The summed E-state index contributed by atoms with van der Waals surface area (Å²) in [6.07, 6.45) is 8.33. The van der Waals surface area contributed by atoms with E-state index in [1.165, 1.54) is 0 Å². The molecule has 6 heteroatoms. The average Bonchev–Trinajstić information content (AvgIpc) is 3.36. The lowest BCUT2D eigenvalue weighted by Crippen LogP contribution is -2.50. The summed E-state index contributed by atoms with van der Waals surface area (Å²) in [6, 6.07) is -0.174. The summed E-state index contributed by atoms with van der Waals surface area (Å²) in [5.74, 6) is 2.14. The zero-order valence-electron chi connectivity index (χ0n) is 17.6. The number of aliphatic hydroxyl groups is 1. The van der Waals surface area contributed by atoms with E-state index >= 15 is 0 Å². The van der Waals surface area contributed by atoms with Crippen molar-refractivity contribution in [2.45, 2.75) is 45.6 Å². The number of hydrogen-bond donors (Lipinski definition) is 1. The van der Waals surface area contributed by atoms with Crippen molar-refractivity contribution in [2.24, 2.45) is 29.1 Å². The Morgan fingerprint density at radius 2 is 2.10 bits per heavy atom. The number of Topliss-reactive ketones (excluding diaryl/α,β-unsaturated/α-hetero) is 1. The van der Waals surface area contributed by atoms with E-state index in [9.17, 15) is 9.90 Å². The van der Waals surface area contributed by atoms with Crippen molar-refractivity contribution in [3.63, 3.8) is 0 Å². The maximum absolute atomic E-state index is 13.8. The van der Waals surface area contributed by atoms with E-state index in [-0.39, 0.29) is 23.5 Å². The highest BCUT2D eigenvalue weighted by molar-refractivity contribution is 6.06. The van der Waals surface area contributed by atoms with E-state index in [1.54, 1.807) is 0 Å². The first-order valence-corrected chi connectivity index (χ1v) is 10.8. The Kier molecular flexibility index (Phi) is 4.21. The van der Waals surface area contributed by atoms with Crippen LogP contribution in [0.1, 0.15) is 56.9 Å². The van der Waals surface area contributed by atoms with Crippen molar-refractivity contribution in [3.05, 3.63) is 29.0 Å². The number of aliphatic hydroxyl groups excluding tert-OH is 1. The molecule has 2 saturated carbocycles. The summed E-state index contributed by atoms with van der Waals surface area (Å²) >= 11 is 0. The van der Waals surface area contributed by atoms with Crippen molar-refractivity contribution in [3.8, 4) is 5.88 Å². The molecule has 4 aliphatic rings. The number of carbonyl (C=O) groups is 1. The van der Waals surface area contributed by atoms with Gasteiger partial charge in [0.05, 0.1) is 12.6 Å². The van der Waals surface area contributed by atoms with Crippen LogP contribution in [0.15, 0.2) is 22.2 Å². The van der Waals surface area contributed by atoms with Crippen molar-refractivity contribution >= 4 is 11.5 Å². The van der Waals surface area contributed by atoms with Crippen LogP contribution in [0.5, 0.6) is 5.88 Å². The monoisotopic (exact) mass is 398 g/mol. The number of ether oxygens (including phenoxy) is 1. The van der Waals surface area contributed by atoms with Gasteiger partial charge < -0.3 is 14.4 Å². The van der Waals surface area contributed by atoms with E-state index in [0.717, 1.165) is 25.7 Å². The molecule has 0 spiro atoms. The molecule has 0 saturated heterocycles. The molecule has 1 aromatic rings. The molecule has 1 heterocycles. The number of carbonyl (C=O) groups excluding carboxylic acids is 1. The second kappa shape index (κ2) is 6.46. The summed E-state index contributed by atoms with van der Waals surface area (Å²) < 4.78 is 11.6. The molecule has 0 radical (unpaired) electrons. The van der Waals surface area contributed by atoms with Gasteiger partial charge in [-0.2, -0.15) is 0 Å². The van der Waals surface area contributed by atoms with Crippen LogP contribution >= 0.6 is 0 Å². The second-order valence-electron chi connectivity index (χ2n) is 9.64. The maximum Gasteiger partial charge on any atom is 0.265 e. The van der Waals surface area contributed by atoms with Gasteiger partial charge in [-0.3, -0.25) is 9.69 Å². The maximum atomic E-state index is 13.8. The molecule has 0 amide bonds. The van der Waals surface area contributed by atoms with Crippen molar-refractivity contribution in [1.82, 2.24) is 10.1 Å². The van der Waals surface area contributed by atoms with Crippen LogP contribution in [0.25, 0.3) is 5.76 Å². The fourth-order valence-corrected chi connectivity index (χ4v) is 6.59. The molecule has 4 aliphatic carbocycles. The Bertz CT molecular complexity index is 914. The molecule has 1 N–H and O–H groups in total. The topological polar surface area (TPSA) is 75.8 Å². The highest BCUT2D eigenvalue weighted by Gasteiger charge is 2.62. The SMILES string of the molecule is CCCCOc1noc2c1C(O)=C1C(=O)[C@H]3[C@@H](C[C@@]1(C)C2N(C)C)[C@H]1C=C[C@@H]3C1. The highest BCUT2D eigenvalue weighted by atomic mass is 16.5. The number of nitrogens with zero attached hydrogens (tertiary/aromatic N) is 2. The van der Waals surface area contributed by atoms with E-state index in [4.69, 9.17) is 9.26 Å². The van der Waals surface area contributed by atoms with Crippen LogP contribution in [0.4, 0.5) is 0 Å². The molecule has 5 rings (SSSR count). The quantitative estimate of drug-likeness (QED) is 0.593. The molecular weight excluding hydrogens is 368 g/mol. The van der Waals surface area contributed by atoms with Gasteiger partial charge in [0, 0.05) is 16.9 Å². The van der Waals surface area contributed by atoms with Crippen LogP contribution in [0, 0.1) is 29.1 Å². The third-order valence-electron chi connectivity index (χ3n) is 7.67. The summed E-state index contributed by atoms with van der Waals surface area (Å²) in [6.45, 7) is 4.71. The van der Waals surface area contributed by atoms with E-state index in [1.807, 2.05) is 14.1 Å². The molecule has 0 aliphatic heterocycles. The van der Waals surface area contributed by atoms with Gasteiger partial charge in [-0.1, -0.05) is 32.4 Å². The van der Waals surface area contributed by atoms with Gasteiger partial charge >= 0.3 is 0 Å². The minimum absolute atomic E-state index is 0.0103. The van der Waals surface area contributed by atoms with Crippen molar-refractivity contribution in [2.75, 3.05) is 20.7 Å². The molecule has 1 unspecified atom stereocenters. The Morgan fingerprint density at radius 1 is 1.34 bits per heavy atom. The summed E-state index contributed by atoms with van der Waals surface area (Å²) in [5, 5.41) is 15.5. The van der Waals surface area contributed by atoms with Gasteiger partial charge in [-0.15, -0.1) is 0 Å². The highest BCUT2D eigenvalue weighted by Crippen LogP contribution is 2.64. The van der Waals surface area contributed by atoms with Gasteiger partial charge in [0.1, 0.15) is 11.3 Å². The lowest BCUT2D eigenvalue weighted by Gasteiger charge is -2.50. The molecular formula is C23H30N2O4. The third-order valence-corrected chi connectivity index (χ3v) is 7.67. The lowest BCUT2D eigenvalue weighted by atomic mass is 9.55. The van der Waals surface area contributed by atoms with Gasteiger partial charge in [0.25, 0.3) is 5.88 Å². The second-order valence-corrected chi connectivity index (χ2v) is 9.64. The number of ketones is 1. The molecule has 29 heavy (non-hydrogen) atoms. The van der Waals surface area contributed by atoms with Gasteiger partial charge in [0.2, 0.25) is 0 Å². The lowest BCUT2D eigenvalue weighted by molar-refractivity contribution is -0.127. The standard InChI is InChI=1S/C23H30N2O4/c1-5-6-9-28-22-16-19(27)17-18(26)15-13-8-7-12(10-13)14(15)11-23(17,2)21(25(3)4)20(16)29-24-22/h7-8,12-15,21,27H,5-6,9-11H2,1-4H3/t12-,13+,14-,15+,21?,23+/m0/s1. The largest absolute Gasteiger partial charge is 0.507 e. The smallest absolute Gasteiger partial charge is 0.265 e. The van der Waals surface area contributed by atoms with Crippen LogP contribution < -0.4 is 4.74 Å². The zero-order chi connectivity index (χ0) is 20.5. The molecule has 2 bridgehead atoms. The van der Waals surface area contributed by atoms with Crippen LogP contribution in [0.2, 0.25) is 0 Å². The summed E-state index contributed by atoms with van der Waals surface area (Å²) in [4.78, 5) is 15.8. The first-order valence-electron chi connectivity index (χ1n) is 10.8. The first-order chi connectivity index (χ1) is 13.9. The van der Waals surface area contributed by atoms with Crippen LogP contribution in [0.3, 0.4) is 0 Å². The number of unbranched alkanes of at least 4 members (excludes halogenated alkanes) is 1. The molecule has 0 aromatic carbocycles. The molecule has 6 nitrogen and oxygen atoms in total. The first kappa shape index (κ1) is 18.9. The van der Waals surface area contributed by atoms with Gasteiger partial charge in [-0.25, -0.2) is 0 Å². The fourth-order valence-electron chi connectivity index (χ4n) is 6.59. The third kappa shape index (κ3) is 2.44. The minimum Gasteiger partial charge on any atom is -0.507 e. The predicted octanol–water partition coefficient (Wildman–Crippen LogP) is 4.16. The fraction of sp³-hybridized carbons (Fsp3) is 0.652. The molecule has 156 valence electrons. The molecule has 6 atom stereocenters. The zero-order valence-corrected chi connectivity index (χ0v) is 17.6. The summed E-state index contributed by atoms with van der Waals surface area (Å²) in [5.41, 5.74) is 0.504. The normalized spacial score (nSPS) is 37.1. The Labute approximate surface area is 171 Å². The van der Waals surface area contributed by atoms with E-state index in [2.05, 4.69) is 36.1 Å². The predicted molar refractivity (Wildman–Crippen MR) is 108 cm³/mol. The summed E-state index contributed by atoms with van der Waals surface area (Å²) in [7, 11) is 3.99. The minimum atomic E-state index is -0.516. The van der Waals surface area contributed by atoms with E-state index < -0.39 is 5.41 Å². The Balaban J connectivity index is 1.65. The van der Waals surface area contributed by atoms with Crippen molar-refractivity contribution in [1.29, 1.82) is 0 Å². The number of hydrogen-bond acceptors (Lipinski definition) is 6. The number of allylic oxidation sites excluding steroid dienone is 2. The van der Waals surface area contributed by atoms with Crippen LogP contribution in [-0.2, 0) is 4.79 Å². The van der Waals surface area contributed by atoms with E-state index in [0.29, 0.717) is 47.1 Å². The number of rotatable bonds is 5. The molecule has 1 aromatic heterocycles. The average molecular weight is 399 g/mol. The van der Waals surface area contributed by atoms with Crippen LogP contribution in [-0.4, -0.2) is 41.6 Å². The van der Waals surface area contributed by atoms with Crippen molar-refractivity contribution < 1.29 is 19.2 Å².